The number of hydrogen-bond donors (Lipinski definition) is 1. The Morgan fingerprint density at radius 2 is 2.23 bits per heavy atom. The molecule has 0 bridgehead atoms. The number of nitriles is 1. The summed E-state index contributed by atoms with van der Waals surface area (Å²) in [4.78, 5) is 0. The van der Waals surface area contributed by atoms with Crippen molar-refractivity contribution in [1.29, 1.82) is 5.26 Å². The van der Waals surface area contributed by atoms with Gasteiger partial charge >= 0.3 is 0 Å². The third-order valence-electron chi connectivity index (χ3n) is 1.72. The molecule has 1 aromatic carbocycles. The molecule has 2 nitrogen and oxygen atoms in total. The maximum Gasteiger partial charge on any atom is 0.146 e. The van der Waals surface area contributed by atoms with Crippen molar-refractivity contribution in [3.8, 4) is 6.07 Å². The van der Waals surface area contributed by atoms with E-state index in [0.29, 0.717) is 5.56 Å². The molecule has 0 saturated carbocycles. The Hall–Kier alpha value is -1.82. The Kier molecular flexibility index (Phi) is 2.65. The molecule has 1 aromatic rings. The third-order valence-corrected chi connectivity index (χ3v) is 1.72. The van der Waals surface area contributed by atoms with Crippen LogP contribution >= 0.6 is 0 Å². The van der Waals surface area contributed by atoms with Crippen LogP contribution in [-0.4, -0.2) is 0 Å². The number of allylic oxidation sites excluding steroid dienone is 1. The van der Waals surface area contributed by atoms with Crippen LogP contribution in [0.3, 0.4) is 0 Å². The van der Waals surface area contributed by atoms with Gasteiger partial charge in [-0.15, -0.1) is 0 Å². The van der Waals surface area contributed by atoms with E-state index in [9.17, 15) is 4.39 Å². The number of halogens is 1. The second-order valence-corrected chi connectivity index (χ2v) is 2.69. The second kappa shape index (κ2) is 3.72. The number of nitrogens with zero attached hydrogens (tertiary/aromatic N) is 1. The molecule has 13 heavy (non-hydrogen) atoms. The van der Waals surface area contributed by atoms with Gasteiger partial charge in [-0.3, -0.25) is 0 Å². The molecule has 3 heteroatoms. The first-order valence-electron chi connectivity index (χ1n) is 3.77. The number of nitrogens with two attached hydrogens (primary N) is 1. The summed E-state index contributed by atoms with van der Waals surface area (Å²) in [5, 5.41) is 8.29. The van der Waals surface area contributed by atoms with Gasteiger partial charge in [0.2, 0.25) is 0 Å². The van der Waals surface area contributed by atoms with Gasteiger partial charge in [-0.25, -0.2) is 4.39 Å². The molecule has 0 aromatic heterocycles. The van der Waals surface area contributed by atoms with E-state index in [1.54, 1.807) is 12.1 Å². The maximum atomic E-state index is 12.9. The smallest absolute Gasteiger partial charge is 0.146 e. The van der Waals surface area contributed by atoms with E-state index < -0.39 is 5.82 Å². The summed E-state index contributed by atoms with van der Waals surface area (Å²) in [5.74, 6) is -0.455. The summed E-state index contributed by atoms with van der Waals surface area (Å²) in [6.07, 6.45) is 2.86. The van der Waals surface area contributed by atoms with Crippen LogP contribution in [-0.2, 0) is 0 Å². The first-order chi connectivity index (χ1) is 6.15. The first-order valence-corrected chi connectivity index (χ1v) is 3.77. The number of benzene rings is 1. The van der Waals surface area contributed by atoms with Gasteiger partial charge in [0, 0.05) is 6.08 Å². The van der Waals surface area contributed by atoms with Gasteiger partial charge in [-0.1, -0.05) is 0 Å². The highest BCUT2D eigenvalue weighted by molar-refractivity contribution is 5.59. The van der Waals surface area contributed by atoms with Crippen LogP contribution < -0.4 is 5.73 Å². The Balaban J connectivity index is 3.17. The van der Waals surface area contributed by atoms with Gasteiger partial charge in [-0.05, 0) is 36.3 Å². The molecule has 0 amide bonds. The predicted molar refractivity (Wildman–Crippen MR) is 50.2 cm³/mol. The van der Waals surface area contributed by atoms with Gasteiger partial charge in [0.25, 0.3) is 0 Å². The van der Waals surface area contributed by atoms with Crippen molar-refractivity contribution < 1.29 is 4.39 Å². The van der Waals surface area contributed by atoms with Crippen LogP contribution in [0.15, 0.2) is 18.2 Å². The molecule has 0 aliphatic heterocycles. The van der Waals surface area contributed by atoms with Crippen LogP contribution in [0.2, 0.25) is 0 Å². The fourth-order valence-electron chi connectivity index (χ4n) is 1.03. The lowest BCUT2D eigenvalue weighted by atomic mass is 10.1. The highest BCUT2D eigenvalue weighted by Crippen LogP contribution is 2.17. The molecule has 0 aliphatic rings. The minimum atomic E-state index is -0.455. The lowest BCUT2D eigenvalue weighted by Crippen LogP contribution is -1.93. The Bertz CT molecular complexity index is 389. The van der Waals surface area contributed by atoms with Gasteiger partial charge in [0.1, 0.15) is 5.82 Å². The molecular formula is C10H9FN2. The predicted octanol–water partition coefficient (Wildman–Crippen LogP) is 2.25. The van der Waals surface area contributed by atoms with Crippen molar-refractivity contribution in [2.45, 2.75) is 6.92 Å². The molecular weight excluding hydrogens is 167 g/mol. The highest BCUT2D eigenvalue weighted by atomic mass is 19.1. The molecule has 2 N–H and O–H groups in total. The largest absolute Gasteiger partial charge is 0.396 e. The van der Waals surface area contributed by atoms with Gasteiger partial charge in [-0.2, -0.15) is 5.26 Å². The summed E-state index contributed by atoms with van der Waals surface area (Å²) in [5.41, 5.74) is 7.01. The highest BCUT2D eigenvalue weighted by Gasteiger charge is 2.01. The maximum absolute atomic E-state index is 12.9. The number of nitrogen functional groups attached to an aromatic ring is 1. The zero-order chi connectivity index (χ0) is 9.84. The van der Waals surface area contributed by atoms with E-state index >= 15 is 0 Å². The fraction of sp³-hybridized carbons (Fsp3) is 0.100. The quantitative estimate of drug-likeness (QED) is 0.527. The van der Waals surface area contributed by atoms with Crippen LogP contribution in [0, 0.1) is 24.1 Å². The van der Waals surface area contributed by atoms with Crippen LogP contribution in [0.1, 0.15) is 11.1 Å². The standard InChI is InChI=1S/C10H9FN2/c1-7-5-10(13)9(11)6-8(7)3-2-4-12/h2-3,5-6H,13H2,1H3. The number of hydrogen-bond acceptors (Lipinski definition) is 2. The fourth-order valence-corrected chi connectivity index (χ4v) is 1.03. The van der Waals surface area contributed by atoms with Crippen molar-refractivity contribution in [3.05, 3.63) is 35.2 Å². The molecule has 0 heterocycles. The summed E-state index contributed by atoms with van der Waals surface area (Å²) in [6.45, 7) is 1.81. The minimum absolute atomic E-state index is 0.131. The normalized spacial score (nSPS) is 10.2. The number of rotatable bonds is 1. The monoisotopic (exact) mass is 176 g/mol. The second-order valence-electron chi connectivity index (χ2n) is 2.69. The average Bonchev–Trinajstić information content (AvgIpc) is 2.09. The third kappa shape index (κ3) is 2.06. The van der Waals surface area contributed by atoms with Gasteiger partial charge < -0.3 is 5.73 Å². The topological polar surface area (TPSA) is 49.8 Å². The van der Waals surface area contributed by atoms with Crippen LogP contribution in [0.4, 0.5) is 10.1 Å². The minimum Gasteiger partial charge on any atom is -0.396 e. The van der Waals surface area contributed by atoms with E-state index in [1.165, 1.54) is 12.1 Å². The summed E-state index contributed by atoms with van der Waals surface area (Å²) >= 11 is 0. The molecule has 0 fully saturated rings. The number of aryl methyl sites for hydroxylation is 1. The zero-order valence-electron chi connectivity index (χ0n) is 7.21. The summed E-state index contributed by atoms with van der Waals surface area (Å²) < 4.78 is 12.9. The number of anilines is 1. The molecule has 0 aliphatic carbocycles. The van der Waals surface area contributed by atoms with E-state index in [2.05, 4.69) is 0 Å². The Morgan fingerprint density at radius 3 is 2.85 bits per heavy atom. The van der Waals surface area contributed by atoms with Crippen molar-refractivity contribution in [2.75, 3.05) is 5.73 Å². The SMILES string of the molecule is Cc1cc(N)c(F)cc1C=CC#N. The molecule has 0 radical (unpaired) electrons. The van der Waals surface area contributed by atoms with Crippen molar-refractivity contribution in [1.82, 2.24) is 0 Å². The van der Waals surface area contributed by atoms with E-state index in [0.717, 1.165) is 5.56 Å². The van der Waals surface area contributed by atoms with Crippen LogP contribution in [0.25, 0.3) is 6.08 Å². The molecule has 0 spiro atoms. The van der Waals surface area contributed by atoms with Crippen molar-refractivity contribution in [2.24, 2.45) is 0 Å². The molecule has 0 atom stereocenters. The Labute approximate surface area is 76.1 Å². The van der Waals surface area contributed by atoms with E-state index in [-0.39, 0.29) is 5.69 Å². The molecule has 0 saturated heterocycles. The molecule has 0 unspecified atom stereocenters. The first kappa shape index (κ1) is 9.27. The lowest BCUT2D eigenvalue weighted by Gasteiger charge is -2.02. The van der Waals surface area contributed by atoms with Crippen LogP contribution in [0.5, 0.6) is 0 Å². The average molecular weight is 176 g/mol. The molecule has 66 valence electrons. The van der Waals surface area contributed by atoms with Gasteiger partial charge in [0.15, 0.2) is 0 Å². The Morgan fingerprint density at radius 1 is 1.54 bits per heavy atom. The van der Waals surface area contributed by atoms with Crippen molar-refractivity contribution in [3.63, 3.8) is 0 Å². The summed E-state index contributed by atoms with van der Waals surface area (Å²) in [6, 6.07) is 4.71. The summed E-state index contributed by atoms with van der Waals surface area (Å²) in [7, 11) is 0. The van der Waals surface area contributed by atoms with E-state index in [1.807, 2.05) is 13.0 Å². The van der Waals surface area contributed by atoms with Gasteiger partial charge in [0.05, 0.1) is 11.8 Å². The molecule has 1 rings (SSSR count). The van der Waals surface area contributed by atoms with Crippen molar-refractivity contribution >= 4 is 11.8 Å². The zero-order valence-corrected chi connectivity index (χ0v) is 7.21. The lowest BCUT2D eigenvalue weighted by molar-refractivity contribution is 0.632. The van der Waals surface area contributed by atoms with E-state index in [4.69, 9.17) is 11.0 Å².